The minimum absolute atomic E-state index is 0.355. The molecule has 6 nitrogen and oxygen atoms in total. The number of amides is 1. The van der Waals surface area contributed by atoms with Crippen molar-refractivity contribution < 1.29 is 23.8 Å². The summed E-state index contributed by atoms with van der Waals surface area (Å²) in [5.74, 6) is 0.429. The van der Waals surface area contributed by atoms with Gasteiger partial charge in [0.25, 0.3) is 5.91 Å². The molecule has 0 bridgehead atoms. The minimum atomic E-state index is -0.959. The summed E-state index contributed by atoms with van der Waals surface area (Å²) in [5.41, 5.74) is 1.62. The number of carbonyl (C=O) groups is 2. The molecule has 0 unspecified atom stereocenters. The van der Waals surface area contributed by atoms with Gasteiger partial charge < -0.3 is 19.5 Å². The Hall–Kier alpha value is -3.02. The number of esters is 1. The second-order valence-corrected chi connectivity index (χ2v) is 5.63. The predicted molar refractivity (Wildman–Crippen MR) is 97.2 cm³/mol. The Morgan fingerprint density at radius 3 is 2.31 bits per heavy atom. The standard InChI is InChI=1S/C20H23NO5/c1-14(22)26-19(16-7-5-4-6-8-16)20(23)21-12-11-15-9-10-17(24-2)18(13-15)25-3/h4-10,13,19H,11-12H2,1-3H3,(H,21,23)/t19-/m1/s1. The summed E-state index contributed by atoms with van der Waals surface area (Å²) in [4.78, 5) is 23.8. The molecule has 2 aromatic rings. The maximum absolute atomic E-state index is 12.5. The van der Waals surface area contributed by atoms with Gasteiger partial charge >= 0.3 is 5.97 Å². The molecule has 0 aliphatic heterocycles. The van der Waals surface area contributed by atoms with E-state index in [0.29, 0.717) is 30.0 Å². The molecule has 26 heavy (non-hydrogen) atoms. The number of hydrogen-bond acceptors (Lipinski definition) is 5. The molecule has 2 aromatic carbocycles. The first-order valence-electron chi connectivity index (χ1n) is 8.26. The lowest BCUT2D eigenvalue weighted by molar-refractivity contribution is -0.154. The van der Waals surface area contributed by atoms with Crippen molar-refractivity contribution in [3.8, 4) is 11.5 Å². The Bertz CT molecular complexity index is 745. The van der Waals surface area contributed by atoms with Gasteiger partial charge in [-0.15, -0.1) is 0 Å². The molecule has 0 saturated heterocycles. The zero-order valence-electron chi connectivity index (χ0n) is 15.2. The van der Waals surface area contributed by atoms with Crippen LogP contribution in [0.15, 0.2) is 48.5 Å². The fourth-order valence-corrected chi connectivity index (χ4v) is 2.53. The molecule has 138 valence electrons. The van der Waals surface area contributed by atoms with E-state index in [4.69, 9.17) is 14.2 Å². The van der Waals surface area contributed by atoms with Gasteiger partial charge in [0.05, 0.1) is 14.2 Å². The van der Waals surface area contributed by atoms with Crippen LogP contribution in [0.2, 0.25) is 0 Å². The number of nitrogens with one attached hydrogen (secondary N) is 1. The third-order valence-corrected chi connectivity index (χ3v) is 3.79. The van der Waals surface area contributed by atoms with Crippen LogP contribution >= 0.6 is 0 Å². The molecule has 0 aromatic heterocycles. The van der Waals surface area contributed by atoms with Crippen LogP contribution in [-0.2, 0) is 20.7 Å². The van der Waals surface area contributed by atoms with Gasteiger partial charge in [-0.3, -0.25) is 9.59 Å². The molecule has 1 amide bonds. The lowest BCUT2D eigenvalue weighted by atomic mass is 10.1. The van der Waals surface area contributed by atoms with Crippen molar-refractivity contribution in [2.24, 2.45) is 0 Å². The zero-order chi connectivity index (χ0) is 18.9. The quantitative estimate of drug-likeness (QED) is 0.735. The number of methoxy groups -OCH3 is 2. The van der Waals surface area contributed by atoms with E-state index in [0.717, 1.165) is 5.56 Å². The average molecular weight is 357 g/mol. The highest BCUT2D eigenvalue weighted by Crippen LogP contribution is 2.27. The smallest absolute Gasteiger partial charge is 0.303 e. The molecule has 0 saturated carbocycles. The second-order valence-electron chi connectivity index (χ2n) is 5.63. The van der Waals surface area contributed by atoms with Gasteiger partial charge in [-0.2, -0.15) is 0 Å². The molecule has 1 N–H and O–H groups in total. The van der Waals surface area contributed by atoms with Crippen molar-refractivity contribution in [1.29, 1.82) is 0 Å². The average Bonchev–Trinajstić information content (AvgIpc) is 2.66. The molecule has 0 heterocycles. The fraction of sp³-hybridized carbons (Fsp3) is 0.300. The third kappa shape index (κ3) is 5.24. The van der Waals surface area contributed by atoms with Crippen LogP contribution in [0.1, 0.15) is 24.2 Å². The van der Waals surface area contributed by atoms with Crippen LogP contribution in [0.3, 0.4) is 0 Å². The Morgan fingerprint density at radius 1 is 1.00 bits per heavy atom. The first kappa shape index (κ1) is 19.3. The lowest BCUT2D eigenvalue weighted by Gasteiger charge is -2.17. The van der Waals surface area contributed by atoms with E-state index in [1.807, 2.05) is 24.3 Å². The Balaban J connectivity index is 1.98. The number of hydrogen-bond donors (Lipinski definition) is 1. The largest absolute Gasteiger partial charge is 0.493 e. The highest BCUT2D eigenvalue weighted by Gasteiger charge is 2.23. The number of ether oxygens (including phenoxy) is 3. The second kappa shape index (κ2) is 9.46. The molecule has 6 heteroatoms. The van der Waals surface area contributed by atoms with Crippen LogP contribution in [0.25, 0.3) is 0 Å². The number of benzene rings is 2. The third-order valence-electron chi connectivity index (χ3n) is 3.79. The van der Waals surface area contributed by atoms with E-state index in [9.17, 15) is 9.59 Å². The highest BCUT2D eigenvalue weighted by atomic mass is 16.5. The SMILES string of the molecule is COc1ccc(CCNC(=O)[C@H](OC(C)=O)c2ccccc2)cc1OC. The summed E-state index contributed by atoms with van der Waals surface area (Å²) < 4.78 is 15.7. The lowest BCUT2D eigenvalue weighted by Crippen LogP contribution is -2.33. The van der Waals surface area contributed by atoms with Gasteiger partial charge in [0.2, 0.25) is 6.10 Å². The molecular weight excluding hydrogens is 334 g/mol. The number of rotatable bonds is 8. The van der Waals surface area contributed by atoms with Crippen LogP contribution in [0.4, 0.5) is 0 Å². The summed E-state index contributed by atoms with van der Waals surface area (Å²) in [5, 5.41) is 2.81. The summed E-state index contributed by atoms with van der Waals surface area (Å²) in [6, 6.07) is 14.5. The van der Waals surface area contributed by atoms with E-state index in [2.05, 4.69) is 5.32 Å². The molecule has 0 fully saturated rings. The van der Waals surface area contributed by atoms with Crippen LogP contribution < -0.4 is 14.8 Å². The first-order chi connectivity index (χ1) is 12.5. The fourth-order valence-electron chi connectivity index (χ4n) is 2.53. The summed E-state index contributed by atoms with van der Waals surface area (Å²) in [7, 11) is 3.16. The van der Waals surface area contributed by atoms with Crippen LogP contribution in [-0.4, -0.2) is 32.6 Å². The predicted octanol–water partition coefficient (Wildman–Crippen LogP) is 2.67. The Kier molecular flexibility index (Phi) is 7.02. The van der Waals surface area contributed by atoms with E-state index in [-0.39, 0.29) is 5.91 Å². The van der Waals surface area contributed by atoms with Crippen molar-refractivity contribution in [2.45, 2.75) is 19.4 Å². The summed E-state index contributed by atoms with van der Waals surface area (Å²) in [6.45, 7) is 1.69. The van der Waals surface area contributed by atoms with E-state index in [1.54, 1.807) is 38.5 Å². The Labute approximate surface area is 153 Å². The summed E-state index contributed by atoms with van der Waals surface area (Å²) in [6.07, 6.45) is -0.354. The van der Waals surface area contributed by atoms with Gasteiger partial charge in [-0.05, 0) is 24.1 Å². The zero-order valence-corrected chi connectivity index (χ0v) is 15.2. The topological polar surface area (TPSA) is 73.9 Å². The molecule has 1 atom stereocenters. The van der Waals surface area contributed by atoms with E-state index >= 15 is 0 Å². The van der Waals surface area contributed by atoms with Crippen LogP contribution in [0.5, 0.6) is 11.5 Å². The van der Waals surface area contributed by atoms with Crippen molar-refractivity contribution in [1.82, 2.24) is 5.32 Å². The van der Waals surface area contributed by atoms with Gasteiger partial charge in [-0.25, -0.2) is 0 Å². The van der Waals surface area contributed by atoms with Crippen molar-refractivity contribution in [3.63, 3.8) is 0 Å². The van der Waals surface area contributed by atoms with Gasteiger partial charge in [0.1, 0.15) is 0 Å². The first-order valence-corrected chi connectivity index (χ1v) is 8.26. The summed E-state index contributed by atoms with van der Waals surface area (Å²) >= 11 is 0. The molecule has 2 rings (SSSR count). The minimum Gasteiger partial charge on any atom is -0.493 e. The van der Waals surface area contributed by atoms with E-state index < -0.39 is 12.1 Å². The van der Waals surface area contributed by atoms with Crippen molar-refractivity contribution >= 4 is 11.9 Å². The monoisotopic (exact) mass is 357 g/mol. The van der Waals surface area contributed by atoms with Crippen molar-refractivity contribution in [3.05, 3.63) is 59.7 Å². The highest BCUT2D eigenvalue weighted by molar-refractivity contribution is 5.84. The van der Waals surface area contributed by atoms with E-state index in [1.165, 1.54) is 6.92 Å². The van der Waals surface area contributed by atoms with Crippen LogP contribution in [0, 0.1) is 0 Å². The molecule has 0 radical (unpaired) electrons. The van der Waals surface area contributed by atoms with Gasteiger partial charge in [0, 0.05) is 19.0 Å². The van der Waals surface area contributed by atoms with Gasteiger partial charge in [0.15, 0.2) is 11.5 Å². The maximum atomic E-state index is 12.5. The maximum Gasteiger partial charge on any atom is 0.303 e. The normalized spacial score (nSPS) is 11.3. The molecular formula is C20H23NO5. The van der Waals surface area contributed by atoms with Crippen molar-refractivity contribution in [2.75, 3.05) is 20.8 Å². The Morgan fingerprint density at radius 2 is 1.69 bits per heavy atom. The molecule has 0 aliphatic carbocycles. The molecule has 0 spiro atoms. The number of carbonyl (C=O) groups excluding carboxylic acids is 2. The van der Waals surface area contributed by atoms with Gasteiger partial charge in [-0.1, -0.05) is 36.4 Å². The molecule has 0 aliphatic rings.